The first-order valence-electron chi connectivity index (χ1n) is 3.10. The van der Waals surface area contributed by atoms with Gasteiger partial charge in [-0.2, -0.15) is 8.78 Å². The number of likely N-dealkylation sites (tertiary alicyclic amines) is 1. The van der Waals surface area contributed by atoms with Gasteiger partial charge in [0.05, 0.1) is 0 Å². The Bertz CT molecular complexity index is 132. The second-order valence-electron chi connectivity index (χ2n) is 2.16. The molecular weight excluding hydrogens is 140 g/mol. The van der Waals surface area contributed by atoms with Crippen LogP contribution >= 0.6 is 0 Å². The monoisotopic (exact) mass is 148 g/mol. The molecule has 0 bridgehead atoms. The Hall–Kier alpha value is -0.670. The van der Waals surface area contributed by atoms with E-state index < -0.39 is 12.3 Å². The molecule has 0 aromatic heterocycles. The maximum atomic E-state index is 11.7. The van der Waals surface area contributed by atoms with Gasteiger partial charge in [0.15, 0.2) is 0 Å². The van der Waals surface area contributed by atoms with Crippen LogP contribution in [0.5, 0.6) is 0 Å². The van der Waals surface area contributed by atoms with Crippen molar-refractivity contribution in [2.45, 2.75) is 12.8 Å². The highest BCUT2D eigenvalue weighted by Crippen LogP contribution is 2.09. The summed E-state index contributed by atoms with van der Waals surface area (Å²) in [6.45, 7) is 0.826. The van der Waals surface area contributed by atoms with Crippen molar-refractivity contribution < 1.29 is 13.6 Å². The zero-order chi connectivity index (χ0) is 7.56. The minimum absolute atomic E-state index is 0.378. The van der Waals surface area contributed by atoms with E-state index >= 15 is 0 Å². The van der Waals surface area contributed by atoms with Gasteiger partial charge in [0.25, 0.3) is 5.91 Å². The van der Waals surface area contributed by atoms with E-state index in [9.17, 15) is 13.6 Å². The van der Waals surface area contributed by atoms with Crippen molar-refractivity contribution in [2.75, 3.05) is 13.1 Å². The number of hydrogen-bond donors (Lipinski definition) is 0. The van der Waals surface area contributed by atoms with Crippen LogP contribution in [-0.4, -0.2) is 30.3 Å². The summed E-state index contributed by atoms with van der Waals surface area (Å²) >= 11 is 0. The zero-order valence-corrected chi connectivity index (χ0v) is 5.39. The predicted octanol–water partition coefficient (Wildman–Crippen LogP) is 0.688. The van der Waals surface area contributed by atoms with Crippen molar-refractivity contribution in [3.8, 4) is 0 Å². The van der Waals surface area contributed by atoms with E-state index in [2.05, 4.69) is 0 Å². The summed E-state index contributed by atoms with van der Waals surface area (Å²) < 4.78 is 23.4. The highest BCUT2D eigenvalue weighted by Gasteiger charge is 2.25. The fraction of sp³-hybridized carbons (Fsp3) is 0.667. The summed E-state index contributed by atoms with van der Waals surface area (Å²) in [7, 11) is 0. The highest BCUT2D eigenvalue weighted by molar-refractivity contribution is 5.79. The van der Waals surface area contributed by atoms with Crippen LogP contribution in [0, 0.1) is 6.42 Å². The zero-order valence-electron chi connectivity index (χ0n) is 5.39. The molecule has 10 heavy (non-hydrogen) atoms. The number of rotatable bonds is 1. The molecule has 1 fully saturated rings. The average Bonchev–Trinajstić information content (AvgIpc) is 2.36. The van der Waals surface area contributed by atoms with Crippen LogP contribution in [-0.2, 0) is 4.79 Å². The molecular formula is C6H8F2NO. The molecule has 2 nitrogen and oxygen atoms in total. The van der Waals surface area contributed by atoms with E-state index in [1.165, 1.54) is 0 Å². The summed E-state index contributed by atoms with van der Waals surface area (Å²) in [6.07, 6.45) is -0.287. The van der Waals surface area contributed by atoms with Crippen LogP contribution in [0.3, 0.4) is 0 Å². The number of hydrogen-bond acceptors (Lipinski definition) is 1. The van der Waals surface area contributed by atoms with Crippen LogP contribution in [0.1, 0.15) is 6.42 Å². The summed E-state index contributed by atoms with van der Waals surface area (Å²) in [6, 6.07) is 0. The molecule has 1 radical (unpaired) electrons. The minimum Gasteiger partial charge on any atom is -0.337 e. The molecule has 0 spiro atoms. The number of alkyl halides is 2. The van der Waals surface area contributed by atoms with E-state index in [0.717, 1.165) is 11.3 Å². The van der Waals surface area contributed by atoms with E-state index in [0.29, 0.717) is 13.1 Å². The minimum atomic E-state index is -2.84. The molecule has 0 aromatic rings. The topological polar surface area (TPSA) is 20.3 Å². The second kappa shape index (κ2) is 2.94. The number of nitrogens with zero attached hydrogens (tertiary/aromatic N) is 1. The Morgan fingerprint density at radius 1 is 1.60 bits per heavy atom. The van der Waals surface area contributed by atoms with Gasteiger partial charge in [0.1, 0.15) is 0 Å². The SMILES string of the molecule is O=C(C(F)F)N1C[CH]CC1. The number of amides is 1. The molecule has 1 saturated heterocycles. The molecule has 1 rings (SSSR count). The second-order valence-corrected chi connectivity index (χ2v) is 2.16. The standard InChI is InChI=1S/C6H8F2NO/c7-5(8)6(10)9-3-1-2-4-9/h1,5H,2-4H2. The van der Waals surface area contributed by atoms with Crippen LogP contribution < -0.4 is 0 Å². The average molecular weight is 148 g/mol. The fourth-order valence-corrected chi connectivity index (χ4v) is 0.924. The van der Waals surface area contributed by atoms with E-state index in [1.807, 2.05) is 6.42 Å². The lowest BCUT2D eigenvalue weighted by atomic mass is 10.4. The number of carbonyl (C=O) groups excluding carboxylic acids is 1. The smallest absolute Gasteiger partial charge is 0.315 e. The maximum Gasteiger partial charge on any atom is 0.315 e. The van der Waals surface area contributed by atoms with E-state index in [4.69, 9.17) is 0 Å². The lowest BCUT2D eigenvalue weighted by molar-refractivity contribution is -0.141. The Balaban J connectivity index is 2.40. The Kier molecular flexibility index (Phi) is 2.19. The van der Waals surface area contributed by atoms with Crippen LogP contribution in [0.2, 0.25) is 0 Å². The molecule has 0 saturated carbocycles. The van der Waals surface area contributed by atoms with Crippen LogP contribution in [0.15, 0.2) is 0 Å². The van der Waals surface area contributed by atoms with E-state index in [-0.39, 0.29) is 0 Å². The molecule has 1 aliphatic heterocycles. The molecule has 0 aromatic carbocycles. The molecule has 4 heteroatoms. The predicted molar refractivity (Wildman–Crippen MR) is 31.5 cm³/mol. The Morgan fingerprint density at radius 2 is 2.30 bits per heavy atom. The fourth-order valence-electron chi connectivity index (χ4n) is 0.924. The lowest BCUT2D eigenvalue weighted by Gasteiger charge is -2.13. The summed E-state index contributed by atoms with van der Waals surface area (Å²) in [5.74, 6) is -1.05. The molecule has 1 aliphatic rings. The van der Waals surface area contributed by atoms with Gasteiger partial charge in [-0.3, -0.25) is 4.79 Å². The van der Waals surface area contributed by atoms with Gasteiger partial charge in [-0.1, -0.05) is 0 Å². The van der Waals surface area contributed by atoms with Gasteiger partial charge in [0, 0.05) is 13.1 Å². The normalized spacial score (nSPS) is 18.5. The Labute approximate surface area is 57.8 Å². The van der Waals surface area contributed by atoms with Crippen molar-refractivity contribution in [2.24, 2.45) is 0 Å². The van der Waals surface area contributed by atoms with Crippen molar-refractivity contribution in [1.29, 1.82) is 0 Å². The molecule has 0 atom stereocenters. The molecule has 1 amide bonds. The van der Waals surface area contributed by atoms with Crippen molar-refractivity contribution in [3.63, 3.8) is 0 Å². The largest absolute Gasteiger partial charge is 0.337 e. The van der Waals surface area contributed by atoms with Crippen LogP contribution in [0.25, 0.3) is 0 Å². The third-order valence-electron chi connectivity index (χ3n) is 1.45. The first-order valence-corrected chi connectivity index (χ1v) is 3.10. The summed E-state index contributed by atoms with van der Waals surface area (Å²) in [5, 5.41) is 0. The van der Waals surface area contributed by atoms with Crippen molar-refractivity contribution in [3.05, 3.63) is 6.42 Å². The highest BCUT2D eigenvalue weighted by atomic mass is 19.3. The first-order chi connectivity index (χ1) is 4.72. The van der Waals surface area contributed by atoms with Crippen molar-refractivity contribution >= 4 is 5.91 Å². The number of carbonyl (C=O) groups is 1. The summed E-state index contributed by atoms with van der Waals surface area (Å²) in [5.41, 5.74) is 0. The van der Waals surface area contributed by atoms with Gasteiger partial charge < -0.3 is 4.90 Å². The quantitative estimate of drug-likeness (QED) is 0.535. The molecule has 57 valence electrons. The third kappa shape index (κ3) is 1.43. The Morgan fingerprint density at radius 3 is 2.70 bits per heavy atom. The molecule has 1 heterocycles. The van der Waals surface area contributed by atoms with Gasteiger partial charge in [-0.15, -0.1) is 0 Å². The van der Waals surface area contributed by atoms with Gasteiger partial charge >= 0.3 is 6.43 Å². The number of halogens is 2. The maximum absolute atomic E-state index is 11.7. The third-order valence-corrected chi connectivity index (χ3v) is 1.45. The lowest BCUT2D eigenvalue weighted by Crippen LogP contribution is -2.32. The molecule has 0 unspecified atom stereocenters. The van der Waals surface area contributed by atoms with E-state index in [1.54, 1.807) is 0 Å². The molecule has 0 aliphatic carbocycles. The van der Waals surface area contributed by atoms with Crippen LogP contribution in [0.4, 0.5) is 8.78 Å². The molecule has 0 N–H and O–H groups in total. The first kappa shape index (κ1) is 7.44. The summed E-state index contributed by atoms with van der Waals surface area (Å²) in [4.78, 5) is 11.7. The van der Waals surface area contributed by atoms with Crippen molar-refractivity contribution in [1.82, 2.24) is 4.90 Å². The van der Waals surface area contributed by atoms with Gasteiger partial charge in [0.2, 0.25) is 0 Å². The van der Waals surface area contributed by atoms with Gasteiger partial charge in [-0.25, -0.2) is 0 Å². The van der Waals surface area contributed by atoms with Gasteiger partial charge in [-0.05, 0) is 12.8 Å².